The number of rotatable bonds is 3. The molecule has 0 unspecified atom stereocenters. The summed E-state index contributed by atoms with van der Waals surface area (Å²) in [6.45, 7) is 6.99. The number of benzene rings is 1. The number of carbonyl (C=O) groups is 1. The van der Waals surface area contributed by atoms with E-state index in [0.717, 1.165) is 68.6 Å². The fourth-order valence-corrected chi connectivity index (χ4v) is 4.13. The van der Waals surface area contributed by atoms with Gasteiger partial charge in [-0.15, -0.1) is 0 Å². The predicted octanol–water partition coefficient (Wildman–Crippen LogP) is 3.39. The van der Waals surface area contributed by atoms with E-state index in [4.69, 9.17) is 11.6 Å². The number of aromatic nitrogens is 2. The largest absolute Gasteiger partial charge is 0.368 e. The van der Waals surface area contributed by atoms with Crippen LogP contribution in [0.1, 0.15) is 35.6 Å². The van der Waals surface area contributed by atoms with Crippen molar-refractivity contribution in [1.29, 1.82) is 0 Å². The minimum absolute atomic E-state index is 0.0315. The number of hydrogen-bond acceptors (Lipinski definition) is 5. The van der Waals surface area contributed by atoms with Crippen LogP contribution in [0.25, 0.3) is 0 Å². The third kappa shape index (κ3) is 4.22. The molecule has 2 aliphatic rings. The van der Waals surface area contributed by atoms with Crippen molar-refractivity contribution < 1.29 is 4.79 Å². The Morgan fingerprint density at radius 3 is 2.36 bits per heavy atom. The van der Waals surface area contributed by atoms with Crippen LogP contribution < -0.4 is 9.80 Å². The second-order valence-electron chi connectivity index (χ2n) is 7.47. The summed E-state index contributed by atoms with van der Waals surface area (Å²) < 4.78 is 0. The molecule has 1 aromatic heterocycles. The van der Waals surface area contributed by atoms with E-state index < -0.39 is 0 Å². The first-order chi connectivity index (χ1) is 13.6. The smallest absolute Gasteiger partial charge is 0.272 e. The predicted molar refractivity (Wildman–Crippen MR) is 112 cm³/mol. The van der Waals surface area contributed by atoms with Crippen molar-refractivity contribution >= 4 is 29.0 Å². The Bertz CT molecular complexity index is 844. The molecule has 0 aliphatic carbocycles. The zero-order valence-corrected chi connectivity index (χ0v) is 17.0. The molecule has 0 radical (unpaired) electrons. The van der Waals surface area contributed by atoms with Crippen LogP contribution in [0.4, 0.5) is 11.5 Å². The van der Waals surface area contributed by atoms with Crippen LogP contribution in [0.2, 0.25) is 5.02 Å². The van der Waals surface area contributed by atoms with Gasteiger partial charge in [0.15, 0.2) is 0 Å². The monoisotopic (exact) mass is 399 g/mol. The molecule has 4 rings (SSSR count). The Morgan fingerprint density at radius 2 is 1.64 bits per heavy atom. The van der Waals surface area contributed by atoms with Gasteiger partial charge in [-0.05, 0) is 44.4 Å². The lowest BCUT2D eigenvalue weighted by Crippen LogP contribution is -2.47. The van der Waals surface area contributed by atoms with E-state index in [1.165, 1.54) is 6.42 Å². The van der Waals surface area contributed by atoms with Crippen LogP contribution in [-0.4, -0.2) is 60.0 Å². The topological polar surface area (TPSA) is 52.6 Å². The van der Waals surface area contributed by atoms with Crippen molar-refractivity contribution in [3.63, 3.8) is 0 Å². The zero-order valence-electron chi connectivity index (χ0n) is 16.3. The normalized spacial score (nSPS) is 17.7. The molecule has 1 aromatic carbocycles. The molecule has 0 spiro atoms. The summed E-state index contributed by atoms with van der Waals surface area (Å²) in [5.74, 6) is 1.53. The number of halogens is 1. The van der Waals surface area contributed by atoms with Gasteiger partial charge in [0.1, 0.15) is 17.3 Å². The van der Waals surface area contributed by atoms with Crippen LogP contribution in [0, 0.1) is 6.92 Å². The van der Waals surface area contributed by atoms with E-state index in [1.54, 1.807) is 0 Å². The van der Waals surface area contributed by atoms with Gasteiger partial charge in [0.2, 0.25) is 0 Å². The highest BCUT2D eigenvalue weighted by Gasteiger charge is 2.23. The molecule has 0 saturated carbocycles. The average molecular weight is 400 g/mol. The highest BCUT2D eigenvalue weighted by Crippen LogP contribution is 2.23. The molecule has 2 aliphatic heterocycles. The lowest BCUT2D eigenvalue weighted by atomic mass is 10.1. The summed E-state index contributed by atoms with van der Waals surface area (Å²) >= 11 is 6.13. The van der Waals surface area contributed by atoms with Crippen molar-refractivity contribution in [2.45, 2.75) is 26.2 Å². The van der Waals surface area contributed by atoms with Gasteiger partial charge in [-0.25, -0.2) is 9.97 Å². The summed E-state index contributed by atoms with van der Waals surface area (Å²) in [7, 11) is 0. The van der Waals surface area contributed by atoms with Crippen LogP contribution >= 0.6 is 11.6 Å². The number of likely N-dealkylation sites (tertiary alicyclic amines) is 1. The number of piperazine rings is 1. The molecule has 0 N–H and O–H groups in total. The molecule has 2 aromatic rings. The van der Waals surface area contributed by atoms with Gasteiger partial charge < -0.3 is 14.7 Å². The molecule has 148 valence electrons. The maximum absolute atomic E-state index is 12.9. The molecule has 2 saturated heterocycles. The van der Waals surface area contributed by atoms with Gasteiger partial charge >= 0.3 is 0 Å². The Labute approximate surface area is 171 Å². The van der Waals surface area contributed by atoms with E-state index in [0.29, 0.717) is 11.5 Å². The van der Waals surface area contributed by atoms with Crippen molar-refractivity contribution in [3.05, 3.63) is 46.9 Å². The number of hydrogen-bond donors (Lipinski definition) is 0. The van der Waals surface area contributed by atoms with Gasteiger partial charge in [-0.2, -0.15) is 0 Å². The van der Waals surface area contributed by atoms with Gasteiger partial charge in [-0.1, -0.05) is 17.7 Å². The van der Waals surface area contributed by atoms with Gasteiger partial charge in [0.05, 0.1) is 0 Å². The van der Waals surface area contributed by atoms with E-state index >= 15 is 0 Å². The number of aryl methyl sites for hydroxylation is 1. The summed E-state index contributed by atoms with van der Waals surface area (Å²) in [4.78, 5) is 28.4. The molecule has 3 heterocycles. The standard InChI is InChI=1S/C21H26ClN5O/c1-16-23-19(21(28)27-8-3-2-4-9-27)15-20(24-16)26-12-10-25(11-13-26)18-7-5-6-17(22)14-18/h5-7,14-15H,2-4,8-13H2,1H3. The highest BCUT2D eigenvalue weighted by atomic mass is 35.5. The second-order valence-corrected chi connectivity index (χ2v) is 7.90. The molecular weight excluding hydrogens is 374 g/mol. The summed E-state index contributed by atoms with van der Waals surface area (Å²) in [6.07, 6.45) is 3.36. The molecule has 6 nitrogen and oxygen atoms in total. The fraction of sp³-hybridized carbons (Fsp3) is 0.476. The lowest BCUT2D eigenvalue weighted by molar-refractivity contribution is 0.0718. The summed E-state index contributed by atoms with van der Waals surface area (Å²) in [5, 5.41) is 0.757. The highest BCUT2D eigenvalue weighted by molar-refractivity contribution is 6.30. The maximum atomic E-state index is 12.9. The number of nitrogens with zero attached hydrogens (tertiary/aromatic N) is 5. The molecule has 1 amide bonds. The van der Waals surface area contributed by atoms with Gasteiger partial charge in [0, 0.05) is 56.0 Å². The van der Waals surface area contributed by atoms with Gasteiger partial charge in [-0.3, -0.25) is 4.79 Å². The third-order valence-electron chi connectivity index (χ3n) is 5.46. The number of carbonyl (C=O) groups excluding carboxylic acids is 1. The average Bonchev–Trinajstić information content (AvgIpc) is 2.73. The lowest BCUT2D eigenvalue weighted by Gasteiger charge is -2.37. The van der Waals surface area contributed by atoms with Crippen molar-refractivity contribution in [1.82, 2.24) is 14.9 Å². The molecule has 28 heavy (non-hydrogen) atoms. The SMILES string of the molecule is Cc1nc(C(=O)N2CCCCC2)cc(N2CCN(c3cccc(Cl)c3)CC2)n1. The van der Waals surface area contributed by atoms with E-state index in [2.05, 4.69) is 25.8 Å². The van der Waals surface area contributed by atoms with Crippen LogP contribution in [0.5, 0.6) is 0 Å². The minimum atomic E-state index is 0.0315. The molecule has 7 heteroatoms. The zero-order chi connectivity index (χ0) is 19.5. The Morgan fingerprint density at radius 1 is 0.929 bits per heavy atom. The van der Waals surface area contributed by atoms with Crippen LogP contribution in [-0.2, 0) is 0 Å². The Hall–Kier alpha value is -2.34. The number of anilines is 2. The van der Waals surface area contributed by atoms with E-state index in [1.807, 2.05) is 36.1 Å². The summed E-state index contributed by atoms with van der Waals surface area (Å²) in [6, 6.07) is 9.83. The van der Waals surface area contributed by atoms with E-state index in [9.17, 15) is 4.79 Å². The minimum Gasteiger partial charge on any atom is -0.368 e. The fourth-order valence-electron chi connectivity index (χ4n) is 3.95. The van der Waals surface area contributed by atoms with Crippen molar-refractivity contribution in [2.24, 2.45) is 0 Å². The van der Waals surface area contributed by atoms with Gasteiger partial charge in [0.25, 0.3) is 5.91 Å². The molecular formula is C21H26ClN5O. The van der Waals surface area contributed by atoms with Crippen LogP contribution in [0.15, 0.2) is 30.3 Å². The van der Waals surface area contributed by atoms with Crippen molar-refractivity contribution in [3.8, 4) is 0 Å². The number of piperidine rings is 1. The quantitative estimate of drug-likeness (QED) is 0.791. The summed E-state index contributed by atoms with van der Waals surface area (Å²) in [5.41, 5.74) is 1.66. The maximum Gasteiger partial charge on any atom is 0.272 e. The molecule has 2 fully saturated rings. The van der Waals surface area contributed by atoms with Crippen molar-refractivity contribution in [2.75, 3.05) is 49.1 Å². The Kier molecular flexibility index (Phi) is 5.67. The molecule has 0 bridgehead atoms. The first-order valence-electron chi connectivity index (χ1n) is 10.0. The Balaban J connectivity index is 1.46. The first kappa shape index (κ1) is 19.0. The number of amides is 1. The van der Waals surface area contributed by atoms with E-state index in [-0.39, 0.29) is 5.91 Å². The second kappa shape index (κ2) is 8.35. The first-order valence-corrected chi connectivity index (χ1v) is 10.4. The molecule has 0 atom stereocenters. The van der Waals surface area contributed by atoms with Crippen LogP contribution in [0.3, 0.4) is 0 Å². The third-order valence-corrected chi connectivity index (χ3v) is 5.70.